The highest BCUT2D eigenvalue weighted by atomic mass is 32.1. The minimum absolute atomic E-state index is 0.146. The van der Waals surface area contributed by atoms with Gasteiger partial charge in [0.15, 0.2) is 0 Å². The van der Waals surface area contributed by atoms with E-state index >= 15 is 0 Å². The van der Waals surface area contributed by atoms with Crippen LogP contribution >= 0.6 is 11.3 Å². The number of benzene rings is 1. The fraction of sp³-hybridized carbons (Fsp3) is 0.350. The number of carbonyl (C=O) groups excluding carboxylic acids is 3. The van der Waals surface area contributed by atoms with Crippen LogP contribution in [-0.2, 0) is 4.74 Å². The highest BCUT2D eigenvalue weighted by Gasteiger charge is 2.30. The van der Waals surface area contributed by atoms with E-state index < -0.39 is 17.7 Å². The van der Waals surface area contributed by atoms with Gasteiger partial charge in [0.2, 0.25) is 0 Å². The Morgan fingerprint density at radius 3 is 2.43 bits per heavy atom. The molecule has 6 nitrogen and oxygen atoms in total. The molecule has 8 heteroatoms. The van der Waals surface area contributed by atoms with Crippen molar-refractivity contribution in [1.29, 1.82) is 0 Å². The van der Waals surface area contributed by atoms with Gasteiger partial charge in [-0.25, -0.2) is 9.18 Å². The number of hydrogen-bond donors (Lipinski definition) is 1. The van der Waals surface area contributed by atoms with Crippen molar-refractivity contribution in [2.45, 2.75) is 26.7 Å². The zero-order valence-corrected chi connectivity index (χ0v) is 16.5. The molecule has 3 rings (SSSR count). The van der Waals surface area contributed by atoms with Gasteiger partial charge in [0.25, 0.3) is 11.8 Å². The monoisotopic (exact) mass is 404 g/mol. The second kappa shape index (κ2) is 8.52. The summed E-state index contributed by atoms with van der Waals surface area (Å²) in [6.07, 6.45) is 1.91. The lowest BCUT2D eigenvalue weighted by molar-refractivity contribution is 0.0527. The Bertz CT molecular complexity index is 902. The lowest BCUT2D eigenvalue weighted by atomic mass is 10.1. The summed E-state index contributed by atoms with van der Waals surface area (Å²) in [5, 5.41) is 2.94. The first kappa shape index (κ1) is 20.0. The summed E-state index contributed by atoms with van der Waals surface area (Å²) in [7, 11) is 0. The van der Waals surface area contributed by atoms with Gasteiger partial charge in [-0.15, -0.1) is 11.3 Å². The molecular weight excluding hydrogens is 383 g/mol. The second-order valence-electron chi connectivity index (χ2n) is 6.44. The topological polar surface area (TPSA) is 75.7 Å². The van der Waals surface area contributed by atoms with Gasteiger partial charge in [-0.3, -0.25) is 9.59 Å². The number of likely N-dealkylation sites (tertiary alicyclic amines) is 1. The molecule has 1 aromatic carbocycles. The number of ether oxygens (including phenoxy) is 1. The molecule has 1 aliphatic rings. The van der Waals surface area contributed by atoms with E-state index in [9.17, 15) is 18.8 Å². The van der Waals surface area contributed by atoms with Crippen LogP contribution in [0.3, 0.4) is 0 Å². The molecule has 0 bridgehead atoms. The molecule has 1 N–H and O–H groups in total. The van der Waals surface area contributed by atoms with Crippen LogP contribution in [0.1, 0.15) is 55.7 Å². The van der Waals surface area contributed by atoms with Gasteiger partial charge in [-0.05, 0) is 56.5 Å². The van der Waals surface area contributed by atoms with Gasteiger partial charge < -0.3 is 15.0 Å². The molecule has 0 aliphatic carbocycles. The van der Waals surface area contributed by atoms with Crippen molar-refractivity contribution in [2.75, 3.05) is 25.0 Å². The third-order valence-corrected chi connectivity index (χ3v) is 5.74. The van der Waals surface area contributed by atoms with Crippen molar-refractivity contribution >= 4 is 34.1 Å². The van der Waals surface area contributed by atoms with Gasteiger partial charge >= 0.3 is 5.97 Å². The first-order valence-electron chi connectivity index (χ1n) is 9.09. The first-order chi connectivity index (χ1) is 13.4. The highest BCUT2D eigenvalue weighted by Crippen LogP contribution is 2.35. The van der Waals surface area contributed by atoms with Gasteiger partial charge in [0.1, 0.15) is 10.8 Å². The summed E-state index contributed by atoms with van der Waals surface area (Å²) >= 11 is 1.06. The number of carbonyl (C=O) groups is 3. The fourth-order valence-corrected chi connectivity index (χ4v) is 4.25. The van der Waals surface area contributed by atoms with Crippen LogP contribution in [0.2, 0.25) is 0 Å². The average Bonchev–Trinajstić information content (AvgIpc) is 3.30. The van der Waals surface area contributed by atoms with E-state index in [0.29, 0.717) is 23.5 Å². The van der Waals surface area contributed by atoms with Crippen LogP contribution in [0.25, 0.3) is 0 Å². The van der Waals surface area contributed by atoms with Gasteiger partial charge in [0.05, 0.1) is 17.0 Å². The molecular formula is C20H21FN2O4S. The second-order valence-corrected chi connectivity index (χ2v) is 7.46. The van der Waals surface area contributed by atoms with Crippen LogP contribution in [0, 0.1) is 12.7 Å². The van der Waals surface area contributed by atoms with Crippen LogP contribution < -0.4 is 5.32 Å². The minimum atomic E-state index is -0.592. The zero-order valence-electron chi connectivity index (χ0n) is 15.7. The van der Waals surface area contributed by atoms with Crippen molar-refractivity contribution in [3.8, 4) is 0 Å². The quantitative estimate of drug-likeness (QED) is 0.768. The zero-order chi connectivity index (χ0) is 20.3. The molecule has 28 heavy (non-hydrogen) atoms. The van der Waals surface area contributed by atoms with Crippen molar-refractivity contribution in [2.24, 2.45) is 0 Å². The largest absolute Gasteiger partial charge is 0.462 e. The molecule has 1 saturated heterocycles. The molecule has 0 atom stereocenters. The van der Waals surface area contributed by atoms with Crippen molar-refractivity contribution in [3.63, 3.8) is 0 Å². The molecule has 2 aromatic rings. The van der Waals surface area contributed by atoms with Crippen LogP contribution in [-0.4, -0.2) is 42.4 Å². The molecule has 0 spiro atoms. The number of anilines is 1. The van der Waals surface area contributed by atoms with E-state index in [1.807, 2.05) is 0 Å². The first-order valence-corrected chi connectivity index (χ1v) is 9.90. The maximum Gasteiger partial charge on any atom is 0.341 e. The molecule has 0 radical (unpaired) electrons. The average molecular weight is 404 g/mol. The fourth-order valence-electron chi connectivity index (χ4n) is 3.09. The van der Waals surface area contributed by atoms with E-state index in [0.717, 1.165) is 24.2 Å². The van der Waals surface area contributed by atoms with E-state index in [1.165, 1.54) is 24.3 Å². The number of hydrogen-bond acceptors (Lipinski definition) is 5. The Balaban J connectivity index is 1.94. The summed E-state index contributed by atoms with van der Waals surface area (Å²) in [6, 6.07) is 5.07. The maximum absolute atomic E-state index is 13.1. The Hall–Kier alpha value is -2.74. The summed E-state index contributed by atoms with van der Waals surface area (Å²) in [5.41, 5.74) is 0.925. The Kier molecular flexibility index (Phi) is 6.08. The van der Waals surface area contributed by atoms with Crippen molar-refractivity contribution in [3.05, 3.63) is 51.7 Å². The normalized spacial score (nSPS) is 13.5. The van der Waals surface area contributed by atoms with Crippen molar-refractivity contribution < 1.29 is 23.5 Å². The number of thiophene rings is 1. The van der Waals surface area contributed by atoms with E-state index in [2.05, 4.69) is 5.32 Å². The summed E-state index contributed by atoms with van der Waals surface area (Å²) < 4.78 is 18.2. The maximum atomic E-state index is 13.1. The lowest BCUT2D eigenvalue weighted by Gasteiger charge is -2.14. The van der Waals surface area contributed by atoms with E-state index in [1.54, 1.807) is 18.7 Å². The highest BCUT2D eigenvalue weighted by molar-refractivity contribution is 7.18. The molecule has 0 unspecified atom stereocenters. The van der Waals surface area contributed by atoms with Crippen LogP contribution in [0.5, 0.6) is 0 Å². The number of halogens is 1. The summed E-state index contributed by atoms with van der Waals surface area (Å²) in [6.45, 7) is 4.91. The summed E-state index contributed by atoms with van der Waals surface area (Å²) in [5.74, 6) is -1.68. The molecule has 0 saturated carbocycles. The third kappa shape index (κ3) is 4.06. The molecule has 148 valence electrons. The van der Waals surface area contributed by atoms with Gasteiger partial charge in [-0.1, -0.05) is 0 Å². The van der Waals surface area contributed by atoms with Crippen LogP contribution in [0.15, 0.2) is 24.3 Å². The SMILES string of the molecule is CCOC(=O)c1c(NC(=O)c2ccc(F)cc2)sc(C(=O)N2CCCC2)c1C. The number of esters is 1. The third-order valence-electron chi connectivity index (χ3n) is 4.55. The number of nitrogens with one attached hydrogen (secondary N) is 1. The summed E-state index contributed by atoms with van der Waals surface area (Å²) in [4.78, 5) is 40.0. The molecule has 2 amide bonds. The number of nitrogens with zero attached hydrogens (tertiary/aromatic N) is 1. The molecule has 2 heterocycles. The van der Waals surface area contributed by atoms with Gasteiger partial charge in [0, 0.05) is 18.7 Å². The lowest BCUT2D eigenvalue weighted by Crippen LogP contribution is -2.27. The van der Waals surface area contributed by atoms with Crippen molar-refractivity contribution in [1.82, 2.24) is 4.90 Å². The minimum Gasteiger partial charge on any atom is -0.462 e. The standard InChI is InChI=1S/C20H21FN2O4S/c1-3-27-20(26)15-12(2)16(19(25)23-10-4-5-11-23)28-18(15)22-17(24)13-6-8-14(21)9-7-13/h6-9H,3-5,10-11H2,1-2H3,(H,22,24). The predicted octanol–water partition coefficient (Wildman–Crippen LogP) is 3.86. The van der Waals surface area contributed by atoms with E-state index in [-0.39, 0.29) is 28.6 Å². The Morgan fingerprint density at radius 2 is 1.82 bits per heavy atom. The Morgan fingerprint density at radius 1 is 1.18 bits per heavy atom. The molecule has 1 aromatic heterocycles. The smallest absolute Gasteiger partial charge is 0.341 e. The van der Waals surface area contributed by atoms with E-state index in [4.69, 9.17) is 4.74 Å². The predicted molar refractivity (Wildman–Crippen MR) is 105 cm³/mol. The molecule has 1 fully saturated rings. The number of amides is 2. The Labute approximate surface area is 166 Å². The molecule has 1 aliphatic heterocycles. The number of rotatable bonds is 5. The van der Waals surface area contributed by atoms with Crippen LogP contribution in [0.4, 0.5) is 9.39 Å². The van der Waals surface area contributed by atoms with Gasteiger partial charge in [-0.2, -0.15) is 0 Å².